The van der Waals surface area contributed by atoms with E-state index in [1.807, 2.05) is 0 Å². The summed E-state index contributed by atoms with van der Waals surface area (Å²) in [5.41, 5.74) is 0.480. The Labute approximate surface area is 118 Å². The monoisotopic (exact) mass is 286 g/mol. The Morgan fingerprint density at radius 3 is 2.29 bits per heavy atom. The molecule has 0 unspecified atom stereocenters. The lowest BCUT2D eigenvalue weighted by atomic mass is 10.1. The predicted molar refractivity (Wildman–Crippen MR) is 72.5 cm³/mol. The van der Waals surface area contributed by atoms with Crippen LogP contribution in [-0.2, 0) is 0 Å². The highest BCUT2D eigenvalue weighted by atomic mass is 16.5. The quantitative estimate of drug-likeness (QED) is 0.472. The first-order valence-corrected chi connectivity index (χ1v) is 5.98. The molecule has 0 saturated heterocycles. The van der Waals surface area contributed by atoms with E-state index >= 15 is 0 Å². The van der Waals surface area contributed by atoms with Gasteiger partial charge in [-0.2, -0.15) is 0 Å². The van der Waals surface area contributed by atoms with Gasteiger partial charge in [-0.15, -0.1) is 0 Å². The largest absolute Gasteiger partial charge is 0.508 e. The molecular weight excluding hydrogens is 276 g/mol. The standard InChI is InChI=1S/C15H10O6/c16-8-3-7(4-9(17)6-8)5-12-13(19)10-1-2-11(18)14(20)15(10)21-12/h1-6,16-18,20H/b12-5-. The maximum absolute atomic E-state index is 12.1. The number of carbonyl (C=O) groups excluding carboxylic acids is 1. The fourth-order valence-corrected chi connectivity index (χ4v) is 2.08. The number of benzene rings is 2. The molecular formula is C15H10O6. The van der Waals surface area contributed by atoms with Crippen molar-refractivity contribution in [1.82, 2.24) is 0 Å². The Morgan fingerprint density at radius 2 is 1.62 bits per heavy atom. The zero-order chi connectivity index (χ0) is 15.1. The molecule has 4 N–H and O–H groups in total. The van der Waals surface area contributed by atoms with Gasteiger partial charge in [0, 0.05) is 6.07 Å². The normalized spacial score (nSPS) is 15.0. The van der Waals surface area contributed by atoms with Crippen molar-refractivity contribution in [3.63, 3.8) is 0 Å². The summed E-state index contributed by atoms with van der Waals surface area (Å²) in [6.07, 6.45) is 1.32. The minimum atomic E-state index is -0.511. The van der Waals surface area contributed by atoms with Crippen LogP contribution in [0.3, 0.4) is 0 Å². The first kappa shape index (κ1) is 12.9. The van der Waals surface area contributed by atoms with Crippen LogP contribution in [0.1, 0.15) is 15.9 Å². The molecule has 0 spiro atoms. The topological polar surface area (TPSA) is 107 Å². The molecule has 106 valence electrons. The van der Waals surface area contributed by atoms with Crippen molar-refractivity contribution in [2.45, 2.75) is 0 Å². The minimum absolute atomic E-state index is 0.0871. The molecule has 21 heavy (non-hydrogen) atoms. The van der Waals surface area contributed by atoms with E-state index in [0.29, 0.717) is 5.56 Å². The molecule has 1 heterocycles. The summed E-state index contributed by atoms with van der Waals surface area (Å²) in [5, 5.41) is 37.9. The molecule has 2 aromatic carbocycles. The first-order valence-electron chi connectivity index (χ1n) is 5.98. The maximum atomic E-state index is 12.1. The van der Waals surface area contributed by atoms with Gasteiger partial charge in [0.15, 0.2) is 17.3 Å². The van der Waals surface area contributed by atoms with Gasteiger partial charge >= 0.3 is 0 Å². The Hall–Kier alpha value is -3.15. The van der Waals surface area contributed by atoms with E-state index in [9.17, 15) is 25.2 Å². The van der Waals surface area contributed by atoms with Crippen LogP contribution in [0.4, 0.5) is 0 Å². The fourth-order valence-electron chi connectivity index (χ4n) is 2.08. The molecule has 6 heteroatoms. The third kappa shape index (κ3) is 2.12. The van der Waals surface area contributed by atoms with Crippen LogP contribution in [0, 0.1) is 0 Å². The molecule has 2 aromatic rings. The number of rotatable bonds is 1. The van der Waals surface area contributed by atoms with Crippen molar-refractivity contribution in [2.75, 3.05) is 0 Å². The van der Waals surface area contributed by atoms with E-state index in [1.54, 1.807) is 0 Å². The number of Topliss-reactive ketones (excluding diaryl/α,β-unsaturated/α-hetero) is 1. The van der Waals surface area contributed by atoms with E-state index < -0.39 is 17.3 Å². The highest BCUT2D eigenvalue weighted by Crippen LogP contribution is 2.44. The number of aromatic hydroxyl groups is 4. The van der Waals surface area contributed by atoms with Crippen LogP contribution in [0.5, 0.6) is 28.7 Å². The van der Waals surface area contributed by atoms with Gasteiger partial charge in [0.1, 0.15) is 11.5 Å². The lowest BCUT2D eigenvalue weighted by Crippen LogP contribution is -1.97. The van der Waals surface area contributed by atoms with Crippen molar-refractivity contribution >= 4 is 11.9 Å². The van der Waals surface area contributed by atoms with Gasteiger partial charge in [-0.1, -0.05) is 0 Å². The first-order chi connectivity index (χ1) is 9.95. The van der Waals surface area contributed by atoms with E-state index in [2.05, 4.69) is 0 Å². The highest BCUT2D eigenvalue weighted by Gasteiger charge is 2.31. The number of hydrogen-bond donors (Lipinski definition) is 4. The average molecular weight is 286 g/mol. The number of fused-ring (bicyclic) bond motifs is 1. The average Bonchev–Trinajstić information content (AvgIpc) is 2.71. The number of allylic oxidation sites excluding steroid dienone is 1. The molecule has 1 aliphatic heterocycles. The van der Waals surface area contributed by atoms with E-state index in [4.69, 9.17) is 4.74 Å². The molecule has 0 bridgehead atoms. The Bertz CT molecular complexity index is 771. The highest BCUT2D eigenvalue weighted by molar-refractivity contribution is 6.15. The Morgan fingerprint density at radius 1 is 0.952 bits per heavy atom. The summed E-state index contributed by atoms with van der Waals surface area (Å²) in [6, 6.07) is 6.36. The van der Waals surface area contributed by atoms with Crippen molar-refractivity contribution in [2.24, 2.45) is 0 Å². The van der Waals surface area contributed by atoms with Crippen LogP contribution in [0.25, 0.3) is 6.08 Å². The van der Waals surface area contributed by atoms with E-state index in [1.165, 1.54) is 30.3 Å². The number of phenols is 4. The van der Waals surface area contributed by atoms with Gasteiger partial charge in [0.25, 0.3) is 0 Å². The van der Waals surface area contributed by atoms with Crippen molar-refractivity contribution in [1.29, 1.82) is 0 Å². The van der Waals surface area contributed by atoms with Crippen molar-refractivity contribution in [3.05, 3.63) is 47.2 Å². The van der Waals surface area contributed by atoms with Crippen LogP contribution in [0.2, 0.25) is 0 Å². The third-order valence-electron chi connectivity index (χ3n) is 3.01. The van der Waals surface area contributed by atoms with Gasteiger partial charge < -0.3 is 25.2 Å². The molecule has 0 saturated carbocycles. The molecule has 0 atom stereocenters. The van der Waals surface area contributed by atoms with E-state index in [-0.39, 0.29) is 28.6 Å². The number of carbonyl (C=O) groups is 1. The number of ketones is 1. The fraction of sp³-hybridized carbons (Fsp3) is 0. The zero-order valence-corrected chi connectivity index (χ0v) is 10.6. The van der Waals surface area contributed by atoms with Crippen LogP contribution in [0.15, 0.2) is 36.1 Å². The summed E-state index contributed by atoms with van der Waals surface area (Å²) in [6.45, 7) is 0. The molecule has 1 aliphatic rings. The zero-order valence-electron chi connectivity index (χ0n) is 10.6. The van der Waals surface area contributed by atoms with E-state index in [0.717, 1.165) is 6.07 Å². The van der Waals surface area contributed by atoms with Gasteiger partial charge in [0.05, 0.1) is 5.56 Å². The van der Waals surface area contributed by atoms with Gasteiger partial charge in [0.2, 0.25) is 11.5 Å². The lowest BCUT2D eigenvalue weighted by Gasteiger charge is -2.03. The summed E-state index contributed by atoms with van der Waals surface area (Å²) >= 11 is 0. The Kier molecular flexibility index (Phi) is 2.72. The summed E-state index contributed by atoms with van der Waals surface area (Å²) in [5.74, 6) is -1.90. The molecule has 3 rings (SSSR count). The second-order valence-corrected chi connectivity index (χ2v) is 4.53. The number of hydrogen-bond acceptors (Lipinski definition) is 6. The van der Waals surface area contributed by atoms with Crippen LogP contribution in [-0.4, -0.2) is 26.2 Å². The lowest BCUT2D eigenvalue weighted by molar-refractivity contribution is 0.101. The van der Waals surface area contributed by atoms with Crippen molar-refractivity contribution < 1.29 is 30.0 Å². The molecule has 0 fully saturated rings. The molecule has 0 aliphatic carbocycles. The Balaban J connectivity index is 2.05. The van der Waals surface area contributed by atoms with Crippen LogP contribution < -0.4 is 4.74 Å². The number of phenolic OH excluding ortho intramolecular Hbond substituents is 4. The van der Waals surface area contributed by atoms with Gasteiger partial charge in [-0.05, 0) is 35.9 Å². The SMILES string of the molecule is O=C1/C(=C/c2cc(O)cc(O)c2)Oc2c1ccc(O)c2O. The summed E-state index contributed by atoms with van der Waals surface area (Å²) in [4.78, 5) is 12.1. The van der Waals surface area contributed by atoms with Crippen LogP contribution >= 0.6 is 0 Å². The minimum Gasteiger partial charge on any atom is -0.508 e. The van der Waals surface area contributed by atoms with Gasteiger partial charge in [-0.3, -0.25) is 4.79 Å². The maximum Gasteiger partial charge on any atom is 0.232 e. The summed E-state index contributed by atoms with van der Waals surface area (Å²) in [7, 11) is 0. The number of ether oxygens (including phenoxy) is 1. The second-order valence-electron chi connectivity index (χ2n) is 4.53. The molecule has 0 amide bonds. The molecule has 0 radical (unpaired) electrons. The van der Waals surface area contributed by atoms with Gasteiger partial charge in [-0.25, -0.2) is 0 Å². The molecule has 0 aromatic heterocycles. The summed E-state index contributed by atoms with van der Waals surface area (Å²) < 4.78 is 5.25. The smallest absolute Gasteiger partial charge is 0.232 e. The predicted octanol–water partition coefficient (Wildman–Crippen LogP) is 2.13. The van der Waals surface area contributed by atoms with Crippen molar-refractivity contribution in [3.8, 4) is 28.7 Å². The third-order valence-corrected chi connectivity index (χ3v) is 3.01. The molecule has 6 nitrogen and oxygen atoms in total. The second kappa shape index (κ2) is 4.45.